The summed E-state index contributed by atoms with van der Waals surface area (Å²) in [6.45, 7) is 8.74. The summed E-state index contributed by atoms with van der Waals surface area (Å²) in [4.78, 5) is 11.3. The molecule has 1 amide bonds. The molecule has 1 aliphatic carbocycles. The number of amides is 1. The fraction of sp³-hybridized carbons (Fsp3) is 0.409. The Kier molecular flexibility index (Phi) is 5.13. The molecule has 0 saturated carbocycles. The van der Waals surface area contributed by atoms with Crippen LogP contribution in [0.3, 0.4) is 0 Å². The van der Waals surface area contributed by atoms with Crippen LogP contribution < -0.4 is 10.5 Å². The van der Waals surface area contributed by atoms with Gasteiger partial charge in [0.25, 0.3) is 0 Å². The number of benzene rings is 2. The molecule has 0 spiro atoms. The zero-order chi connectivity index (χ0) is 19.8. The van der Waals surface area contributed by atoms with E-state index in [1.165, 1.54) is 6.07 Å². The highest BCUT2D eigenvalue weighted by Crippen LogP contribution is 2.49. The normalized spacial score (nSPS) is 17.6. The second-order valence-electron chi connectivity index (χ2n) is 8.25. The molecule has 1 aliphatic rings. The Morgan fingerprint density at radius 3 is 2.70 bits per heavy atom. The number of carbonyl (C=O) groups is 1. The second-order valence-corrected chi connectivity index (χ2v) is 8.25. The lowest BCUT2D eigenvalue weighted by Gasteiger charge is -2.26. The summed E-state index contributed by atoms with van der Waals surface area (Å²) >= 11 is 0. The summed E-state index contributed by atoms with van der Waals surface area (Å²) in [6, 6.07) is 10.8. The van der Waals surface area contributed by atoms with Crippen LogP contribution in [-0.4, -0.2) is 12.7 Å². The predicted molar refractivity (Wildman–Crippen MR) is 103 cm³/mol. The lowest BCUT2D eigenvalue weighted by Crippen LogP contribution is -2.25. The summed E-state index contributed by atoms with van der Waals surface area (Å²) in [5.74, 6) is 0.775. The maximum absolute atomic E-state index is 14.9. The summed E-state index contributed by atoms with van der Waals surface area (Å²) in [7, 11) is 0. The number of nitrogens with two attached hydrogens (primary N) is 1. The van der Waals surface area contributed by atoms with Crippen molar-refractivity contribution < 1.29 is 18.7 Å². The monoisotopic (exact) mass is 371 g/mol. The molecule has 1 atom stereocenters. The van der Waals surface area contributed by atoms with E-state index in [1.54, 1.807) is 0 Å². The molecule has 0 aromatic heterocycles. The van der Waals surface area contributed by atoms with Crippen molar-refractivity contribution in [2.24, 2.45) is 17.1 Å². The first-order chi connectivity index (χ1) is 12.7. The summed E-state index contributed by atoms with van der Waals surface area (Å²) in [5, 5.41) is 0. The molecule has 0 bridgehead atoms. The molecule has 0 radical (unpaired) electrons. The van der Waals surface area contributed by atoms with Crippen LogP contribution in [0.4, 0.5) is 9.18 Å². The number of carbonyl (C=O) groups excluding carboxylic acids is 1. The largest absolute Gasteiger partial charge is 0.493 e. The number of hydrogen-bond acceptors (Lipinski definition) is 3. The van der Waals surface area contributed by atoms with Gasteiger partial charge in [0, 0.05) is 11.0 Å². The van der Waals surface area contributed by atoms with E-state index in [-0.39, 0.29) is 11.2 Å². The van der Waals surface area contributed by atoms with Crippen LogP contribution in [0.1, 0.15) is 44.9 Å². The van der Waals surface area contributed by atoms with Crippen LogP contribution in [0.25, 0.3) is 11.1 Å². The van der Waals surface area contributed by atoms with Crippen molar-refractivity contribution in [1.82, 2.24) is 0 Å². The van der Waals surface area contributed by atoms with E-state index in [0.717, 1.165) is 16.9 Å². The zero-order valence-electron chi connectivity index (χ0n) is 16.2. The first-order valence-corrected chi connectivity index (χ1v) is 9.19. The van der Waals surface area contributed by atoms with Crippen LogP contribution in [0.2, 0.25) is 0 Å². The van der Waals surface area contributed by atoms with Crippen molar-refractivity contribution in [2.45, 2.75) is 40.2 Å². The lowest BCUT2D eigenvalue weighted by molar-refractivity contribution is 0.0391. The van der Waals surface area contributed by atoms with Gasteiger partial charge in [-0.25, -0.2) is 9.18 Å². The molecule has 0 aliphatic heterocycles. The zero-order valence-corrected chi connectivity index (χ0v) is 16.2. The minimum atomic E-state index is -0.847. The number of hydrogen-bond donors (Lipinski definition) is 1. The Labute approximate surface area is 159 Å². The molecule has 1 unspecified atom stereocenters. The maximum atomic E-state index is 14.9. The van der Waals surface area contributed by atoms with E-state index < -0.39 is 12.2 Å². The number of ether oxygens (including phenoxy) is 2. The van der Waals surface area contributed by atoms with E-state index in [4.69, 9.17) is 15.2 Å². The van der Waals surface area contributed by atoms with Crippen LogP contribution >= 0.6 is 0 Å². The van der Waals surface area contributed by atoms with E-state index in [0.29, 0.717) is 30.1 Å². The van der Waals surface area contributed by atoms with Crippen LogP contribution in [0.5, 0.6) is 5.75 Å². The average molecular weight is 371 g/mol. The third-order valence-electron chi connectivity index (χ3n) is 4.83. The molecule has 2 N–H and O–H groups in total. The minimum absolute atomic E-state index is 0.343. The van der Waals surface area contributed by atoms with Gasteiger partial charge in [0.2, 0.25) is 0 Å². The van der Waals surface area contributed by atoms with Crippen LogP contribution in [0, 0.1) is 17.2 Å². The van der Waals surface area contributed by atoms with Crippen LogP contribution in [0.15, 0.2) is 36.4 Å². The summed E-state index contributed by atoms with van der Waals surface area (Å²) < 4.78 is 26.0. The van der Waals surface area contributed by atoms with Crippen molar-refractivity contribution in [2.75, 3.05) is 6.61 Å². The standard InChI is InChI=1S/C22H26FNO3/c1-13(2)12-26-16-7-5-6-14(8-16)17-9-15-11-22(3,4)20(27-21(24)25)18(15)10-19(17)23/h5-10,13,20H,11-12H2,1-4H3,(H2,24,25). The molecule has 4 nitrogen and oxygen atoms in total. The van der Waals surface area contributed by atoms with Crippen LogP contribution in [-0.2, 0) is 11.2 Å². The highest BCUT2D eigenvalue weighted by atomic mass is 19.1. The minimum Gasteiger partial charge on any atom is -0.493 e. The van der Waals surface area contributed by atoms with Gasteiger partial charge in [-0.05, 0) is 53.3 Å². The van der Waals surface area contributed by atoms with Gasteiger partial charge in [0.15, 0.2) is 0 Å². The number of rotatable bonds is 5. The molecule has 0 saturated heterocycles. The van der Waals surface area contributed by atoms with E-state index in [1.807, 2.05) is 44.2 Å². The number of primary amides is 1. The first-order valence-electron chi connectivity index (χ1n) is 9.19. The quantitative estimate of drug-likeness (QED) is 0.781. The molecule has 5 heteroatoms. The summed E-state index contributed by atoms with van der Waals surface area (Å²) in [6.07, 6.45) is -0.716. The van der Waals surface area contributed by atoms with Gasteiger partial charge in [0.05, 0.1) is 6.61 Å². The molecule has 2 aromatic rings. The first kappa shape index (κ1) is 19.2. The van der Waals surface area contributed by atoms with Gasteiger partial charge in [-0.15, -0.1) is 0 Å². The van der Waals surface area contributed by atoms with E-state index in [9.17, 15) is 9.18 Å². The van der Waals surface area contributed by atoms with Crippen molar-refractivity contribution in [1.29, 1.82) is 0 Å². The van der Waals surface area contributed by atoms with E-state index >= 15 is 0 Å². The lowest BCUT2D eigenvalue weighted by atomic mass is 9.87. The van der Waals surface area contributed by atoms with Gasteiger partial charge in [-0.1, -0.05) is 39.8 Å². The maximum Gasteiger partial charge on any atom is 0.405 e. The van der Waals surface area contributed by atoms with Gasteiger partial charge in [0.1, 0.15) is 17.7 Å². The van der Waals surface area contributed by atoms with Crippen molar-refractivity contribution in [3.05, 3.63) is 53.3 Å². The highest BCUT2D eigenvalue weighted by Gasteiger charge is 2.42. The third-order valence-corrected chi connectivity index (χ3v) is 4.83. The SMILES string of the molecule is CC(C)COc1cccc(-c2cc3c(cc2F)C(OC(N)=O)C(C)(C)C3)c1. The Bertz CT molecular complexity index is 861. The molecular formula is C22H26FNO3. The predicted octanol–water partition coefficient (Wildman–Crippen LogP) is 5.25. The number of halogens is 1. The Morgan fingerprint density at radius 2 is 2.04 bits per heavy atom. The van der Waals surface area contributed by atoms with E-state index in [2.05, 4.69) is 13.8 Å². The Balaban J connectivity index is 1.96. The molecule has 2 aromatic carbocycles. The van der Waals surface area contributed by atoms with Crippen molar-refractivity contribution in [3.63, 3.8) is 0 Å². The molecular weight excluding hydrogens is 345 g/mol. The molecule has 0 fully saturated rings. The summed E-state index contributed by atoms with van der Waals surface area (Å²) in [5.41, 5.74) is 7.79. The fourth-order valence-corrected chi connectivity index (χ4v) is 3.61. The Morgan fingerprint density at radius 1 is 1.30 bits per heavy atom. The Hall–Kier alpha value is -2.56. The third kappa shape index (κ3) is 4.07. The smallest absolute Gasteiger partial charge is 0.405 e. The molecule has 0 heterocycles. The van der Waals surface area contributed by atoms with Gasteiger partial charge >= 0.3 is 6.09 Å². The second kappa shape index (κ2) is 7.22. The molecule has 144 valence electrons. The van der Waals surface area contributed by atoms with Gasteiger partial charge in [-0.3, -0.25) is 0 Å². The molecule has 3 rings (SSSR count). The molecule has 27 heavy (non-hydrogen) atoms. The fourth-order valence-electron chi connectivity index (χ4n) is 3.61. The average Bonchev–Trinajstić information content (AvgIpc) is 2.82. The van der Waals surface area contributed by atoms with Crippen molar-refractivity contribution >= 4 is 6.09 Å². The van der Waals surface area contributed by atoms with Gasteiger partial charge < -0.3 is 15.2 Å². The van der Waals surface area contributed by atoms with Crippen molar-refractivity contribution in [3.8, 4) is 16.9 Å². The highest BCUT2D eigenvalue weighted by molar-refractivity contribution is 5.69. The topological polar surface area (TPSA) is 61.6 Å². The van der Waals surface area contributed by atoms with Gasteiger partial charge in [-0.2, -0.15) is 0 Å². The number of fused-ring (bicyclic) bond motifs is 1.